The van der Waals surface area contributed by atoms with Gasteiger partial charge >= 0.3 is 5.97 Å². The molecule has 0 spiro atoms. The number of carbonyl (C=O) groups excluding carboxylic acids is 1. The molecule has 1 aromatic carbocycles. The van der Waals surface area contributed by atoms with Crippen LogP contribution in [0.4, 0.5) is 5.82 Å². The highest BCUT2D eigenvalue weighted by Gasteiger charge is 2.13. The first-order chi connectivity index (χ1) is 9.56. The summed E-state index contributed by atoms with van der Waals surface area (Å²) in [7, 11) is 1.58. The van der Waals surface area contributed by atoms with E-state index in [4.69, 9.17) is 5.11 Å². The predicted octanol–water partition coefficient (Wildman–Crippen LogP) is 1.69. The molecule has 0 radical (unpaired) electrons. The molecule has 0 saturated carbocycles. The average Bonchev–Trinajstić information content (AvgIpc) is 2.79. The van der Waals surface area contributed by atoms with E-state index in [-0.39, 0.29) is 11.6 Å². The number of carboxylic acid groups (broad SMARTS) is 1. The van der Waals surface area contributed by atoms with E-state index in [0.29, 0.717) is 18.7 Å². The maximum atomic E-state index is 11.8. The minimum atomic E-state index is -1.12. The van der Waals surface area contributed by atoms with Crippen molar-refractivity contribution >= 4 is 17.7 Å². The fraction of sp³-hybridized carbons (Fsp3) is 0.214. The summed E-state index contributed by atoms with van der Waals surface area (Å²) in [6.07, 6.45) is 0.966. The summed E-state index contributed by atoms with van der Waals surface area (Å²) < 4.78 is 1.34. The second-order valence-electron chi connectivity index (χ2n) is 4.38. The van der Waals surface area contributed by atoms with Gasteiger partial charge in [0.25, 0.3) is 0 Å². The molecule has 2 aromatic rings. The number of nitrogens with one attached hydrogen (secondary N) is 1. The maximum absolute atomic E-state index is 11.8. The molecule has 0 fully saturated rings. The zero-order valence-electron chi connectivity index (χ0n) is 11.0. The summed E-state index contributed by atoms with van der Waals surface area (Å²) in [6.45, 7) is 0. The van der Waals surface area contributed by atoms with Crippen molar-refractivity contribution < 1.29 is 14.7 Å². The zero-order valence-corrected chi connectivity index (χ0v) is 11.0. The third kappa shape index (κ3) is 3.44. The zero-order chi connectivity index (χ0) is 14.5. The summed E-state index contributed by atoms with van der Waals surface area (Å²) >= 11 is 0. The van der Waals surface area contributed by atoms with Crippen LogP contribution in [-0.2, 0) is 18.3 Å². The quantitative estimate of drug-likeness (QED) is 0.868. The van der Waals surface area contributed by atoms with Crippen LogP contribution in [0.1, 0.15) is 22.5 Å². The number of aromatic nitrogens is 2. The van der Waals surface area contributed by atoms with Gasteiger partial charge in [0, 0.05) is 19.5 Å². The molecular weight excluding hydrogens is 258 g/mol. The topological polar surface area (TPSA) is 84.2 Å². The molecule has 0 aliphatic rings. The summed E-state index contributed by atoms with van der Waals surface area (Å²) in [5.41, 5.74) is 0.991. The molecular formula is C14H15N3O3. The Morgan fingerprint density at radius 1 is 1.30 bits per heavy atom. The smallest absolute Gasteiger partial charge is 0.356 e. The highest BCUT2D eigenvalue weighted by Crippen LogP contribution is 2.10. The normalized spacial score (nSPS) is 10.2. The molecule has 1 aromatic heterocycles. The van der Waals surface area contributed by atoms with Crippen LogP contribution >= 0.6 is 0 Å². The molecule has 0 bridgehead atoms. The molecule has 20 heavy (non-hydrogen) atoms. The Balaban J connectivity index is 1.93. The Morgan fingerprint density at radius 2 is 2.00 bits per heavy atom. The van der Waals surface area contributed by atoms with Crippen LogP contribution in [0.25, 0.3) is 0 Å². The van der Waals surface area contributed by atoms with E-state index in [0.717, 1.165) is 5.56 Å². The van der Waals surface area contributed by atoms with Crippen molar-refractivity contribution in [2.45, 2.75) is 12.8 Å². The van der Waals surface area contributed by atoms with Gasteiger partial charge in [-0.05, 0) is 12.0 Å². The number of carbonyl (C=O) groups is 2. The molecule has 2 rings (SSSR count). The molecule has 6 heteroatoms. The Hall–Kier alpha value is -2.63. The number of aromatic carboxylic acids is 1. The van der Waals surface area contributed by atoms with Crippen molar-refractivity contribution in [1.29, 1.82) is 0 Å². The third-order valence-corrected chi connectivity index (χ3v) is 2.85. The highest BCUT2D eigenvalue weighted by molar-refractivity contribution is 5.92. The third-order valence-electron chi connectivity index (χ3n) is 2.85. The lowest BCUT2D eigenvalue weighted by Crippen LogP contribution is -2.14. The molecule has 1 heterocycles. The Morgan fingerprint density at radius 3 is 2.60 bits per heavy atom. The molecule has 0 aliphatic heterocycles. The van der Waals surface area contributed by atoms with Crippen LogP contribution in [-0.4, -0.2) is 26.8 Å². The number of nitrogens with zero attached hydrogens (tertiary/aromatic N) is 2. The second-order valence-corrected chi connectivity index (χ2v) is 4.38. The number of anilines is 1. The summed E-state index contributed by atoms with van der Waals surface area (Å²) in [4.78, 5) is 22.6. The number of hydrogen-bond donors (Lipinski definition) is 2. The Bertz CT molecular complexity index is 620. The van der Waals surface area contributed by atoms with E-state index in [9.17, 15) is 9.59 Å². The molecule has 0 atom stereocenters. The minimum absolute atomic E-state index is 0.0918. The van der Waals surface area contributed by atoms with E-state index in [2.05, 4.69) is 10.4 Å². The monoisotopic (exact) mass is 273 g/mol. The van der Waals surface area contributed by atoms with E-state index >= 15 is 0 Å². The van der Waals surface area contributed by atoms with Gasteiger partial charge in [-0.25, -0.2) is 4.79 Å². The molecule has 0 aliphatic carbocycles. The number of benzene rings is 1. The van der Waals surface area contributed by atoms with Crippen LogP contribution in [0.3, 0.4) is 0 Å². The number of carboxylic acids is 1. The van der Waals surface area contributed by atoms with Crippen LogP contribution in [0, 0.1) is 0 Å². The van der Waals surface area contributed by atoms with Gasteiger partial charge < -0.3 is 10.4 Å². The van der Waals surface area contributed by atoms with Crippen LogP contribution in [0.2, 0.25) is 0 Å². The van der Waals surface area contributed by atoms with Crippen molar-refractivity contribution in [3.05, 3.63) is 47.7 Å². The molecule has 6 nitrogen and oxygen atoms in total. The SMILES string of the molecule is Cn1nc(C(=O)O)cc1NC(=O)CCc1ccccc1. The van der Waals surface area contributed by atoms with Gasteiger partial charge in [0.05, 0.1) is 0 Å². The number of amides is 1. The minimum Gasteiger partial charge on any atom is -0.476 e. The standard InChI is InChI=1S/C14H15N3O3/c1-17-12(9-11(16-17)14(19)20)15-13(18)8-7-10-5-3-2-4-6-10/h2-6,9H,7-8H2,1H3,(H,15,18)(H,19,20). The van der Waals surface area contributed by atoms with Crippen LogP contribution in [0.5, 0.6) is 0 Å². The van der Waals surface area contributed by atoms with E-state index in [1.54, 1.807) is 7.05 Å². The van der Waals surface area contributed by atoms with Crippen molar-refractivity contribution in [1.82, 2.24) is 9.78 Å². The first-order valence-electron chi connectivity index (χ1n) is 6.17. The van der Waals surface area contributed by atoms with Gasteiger partial charge in [-0.15, -0.1) is 0 Å². The molecule has 1 amide bonds. The Kier molecular flexibility index (Phi) is 4.14. The molecule has 0 unspecified atom stereocenters. The van der Waals surface area contributed by atoms with Crippen LogP contribution < -0.4 is 5.32 Å². The van der Waals surface area contributed by atoms with Gasteiger partial charge in [-0.3, -0.25) is 9.48 Å². The summed E-state index contributed by atoms with van der Waals surface area (Å²) in [6, 6.07) is 11.0. The lowest BCUT2D eigenvalue weighted by molar-refractivity contribution is -0.116. The van der Waals surface area contributed by atoms with Crippen molar-refractivity contribution in [3.8, 4) is 0 Å². The highest BCUT2D eigenvalue weighted by atomic mass is 16.4. The van der Waals surface area contributed by atoms with Crippen molar-refractivity contribution in [3.63, 3.8) is 0 Å². The number of hydrogen-bond acceptors (Lipinski definition) is 3. The summed E-state index contributed by atoms with van der Waals surface area (Å²) in [5, 5.41) is 15.3. The lowest BCUT2D eigenvalue weighted by Gasteiger charge is -2.05. The number of aryl methyl sites for hydroxylation is 2. The van der Waals surface area contributed by atoms with Crippen LogP contribution in [0.15, 0.2) is 36.4 Å². The largest absolute Gasteiger partial charge is 0.476 e. The first-order valence-corrected chi connectivity index (χ1v) is 6.17. The van der Waals surface area contributed by atoms with Gasteiger partial charge in [0.2, 0.25) is 5.91 Å². The van der Waals surface area contributed by atoms with Gasteiger partial charge in [0.1, 0.15) is 5.82 Å². The van der Waals surface area contributed by atoms with Crippen molar-refractivity contribution in [2.24, 2.45) is 7.05 Å². The van der Waals surface area contributed by atoms with E-state index in [1.165, 1.54) is 10.7 Å². The van der Waals surface area contributed by atoms with E-state index < -0.39 is 5.97 Å². The predicted molar refractivity (Wildman–Crippen MR) is 73.6 cm³/mol. The fourth-order valence-electron chi connectivity index (χ4n) is 1.80. The second kappa shape index (κ2) is 6.01. The summed E-state index contributed by atoms with van der Waals surface area (Å²) in [5.74, 6) is -0.917. The molecule has 0 saturated heterocycles. The molecule has 2 N–H and O–H groups in total. The van der Waals surface area contributed by atoms with Crippen molar-refractivity contribution in [2.75, 3.05) is 5.32 Å². The number of rotatable bonds is 5. The average molecular weight is 273 g/mol. The van der Waals surface area contributed by atoms with Gasteiger partial charge in [-0.1, -0.05) is 30.3 Å². The lowest BCUT2D eigenvalue weighted by atomic mass is 10.1. The molecule has 104 valence electrons. The maximum Gasteiger partial charge on any atom is 0.356 e. The fourth-order valence-corrected chi connectivity index (χ4v) is 1.80. The first kappa shape index (κ1) is 13.8. The Labute approximate surface area is 116 Å². The van der Waals surface area contributed by atoms with Gasteiger partial charge in [0.15, 0.2) is 5.69 Å². The van der Waals surface area contributed by atoms with E-state index in [1.807, 2.05) is 30.3 Å². The van der Waals surface area contributed by atoms with Gasteiger partial charge in [-0.2, -0.15) is 5.10 Å².